The second kappa shape index (κ2) is 45.5. The highest BCUT2D eigenvalue weighted by molar-refractivity contribution is 5.96. The summed E-state index contributed by atoms with van der Waals surface area (Å²) in [6.45, 7) is 17.3. The molecular formula is C74H118N4O22. The Balaban J connectivity index is 0.000000253. The molecule has 6 aliphatic rings. The van der Waals surface area contributed by atoms with Gasteiger partial charge in [0.2, 0.25) is 11.8 Å². The van der Waals surface area contributed by atoms with Gasteiger partial charge in [-0.15, -0.1) is 0 Å². The van der Waals surface area contributed by atoms with E-state index in [9.17, 15) is 48.9 Å². The number of aliphatic hydroxyl groups is 3. The summed E-state index contributed by atoms with van der Waals surface area (Å²) in [5.41, 5.74) is 0.0399. The van der Waals surface area contributed by atoms with Crippen LogP contribution in [0.15, 0.2) is 45.1 Å². The van der Waals surface area contributed by atoms with Crippen LogP contribution in [0.2, 0.25) is 0 Å². The number of methoxy groups -OCH3 is 1. The van der Waals surface area contributed by atoms with Gasteiger partial charge >= 0.3 is 23.7 Å². The maximum absolute atomic E-state index is 12.4. The van der Waals surface area contributed by atoms with Crippen molar-refractivity contribution in [3.05, 3.63) is 57.5 Å². The molecule has 5 saturated carbocycles. The van der Waals surface area contributed by atoms with Gasteiger partial charge in [-0.05, 0) is 162 Å². The summed E-state index contributed by atoms with van der Waals surface area (Å²) in [5.74, 6) is 0.825. The molecule has 8 rings (SSSR count). The molecule has 2 aromatic rings. The van der Waals surface area contributed by atoms with Gasteiger partial charge in [0.15, 0.2) is 0 Å². The molecule has 0 spiro atoms. The smallest absolute Gasteiger partial charge is 0.407 e. The number of nitrogens with one attached hydrogen (secondary N) is 4. The second-order valence-electron chi connectivity index (χ2n) is 27.6. The van der Waals surface area contributed by atoms with Gasteiger partial charge in [0.25, 0.3) is 5.91 Å². The number of carbonyl (C=O) groups is 6. The molecule has 2 heterocycles. The molecule has 100 heavy (non-hydrogen) atoms. The fourth-order valence-corrected chi connectivity index (χ4v) is 14.8. The number of unbranched alkanes of at least 4 members (excludes halogenated alkanes) is 3. The van der Waals surface area contributed by atoms with Crippen molar-refractivity contribution >= 4 is 46.7 Å². The summed E-state index contributed by atoms with van der Waals surface area (Å²) in [4.78, 5) is 82.4. The number of alkyl carbamates (subject to hydrolysis) is 1. The van der Waals surface area contributed by atoms with Crippen molar-refractivity contribution in [2.24, 2.45) is 34.5 Å². The molecule has 5 fully saturated rings. The van der Waals surface area contributed by atoms with Crippen LogP contribution in [-0.4, -0.2) is 214 Å². The van der Waals surface area contributed by atoms with Crippen molar-refractivity contribution in [2.75, 3.05) is 139 Å². The van der Waals surface area contributed by atoms with Gasteiger partial charge in [-0.3, -0.25) is 19.2 Å². The zero-order valence-electron chi connectivity index (χ0n) is 60.2. The lowest BCUT2D eigenvalue weighted by atomic mass is 9.52. The first-order valence-electron chi connectivity index (χ1n) is 36.8. The molecular weight excluding hydrogens is 1300 g/mol. The third kappa shape index (κ3) is 27.8. The van der Waals surface area contributed by atoms with Crippen LogP contribution in [-0.2, 0) is 77.9 Å². The van der Waals surface area contributed by atoms with Crippen LogP contribution in [0.3, 0.4) is 0 Å². The number of ether oxygens (including phenoxy) is 11. The molecule has 7 N–H and O–H groups in total. The van der Waals surface area contributed by atoms with E-state index in [1.165, 1.54) is 26.0 Å². The molecule has 0 saturated heterocycles. The van der Waals surface area contributed by atoms with E-state index in [2.05, 4.69) is 39.9 Å². The van der Waals surface area contributed by atoms with E-state index >= 15 is 0 Å². The third-order valence-corrected chi connectivity index (χ3v) is 20.5. The van der Waals surface area contributed by atoms with Crippen molar-refractivity contribution in [3.63, 3.8) is 0 Å². The number of esters is 2. The molecule has 5 aliphatic carbocycles. The molecule has 3 unspecified atom stereocenters. The molecule has 0 bridgehead atoms. The van der Waals surface area contributed by atoms with E-state index in [4.69, 9.17) is 51.8 Å². The largest absolute Gasteiger partial charge is 0.469 e. The topological polar surface area (TPSA) is 343 Å². The first-order chi connectivity index (χ1) is 48.3. The van der Waals surface area contributed by atoms with E-state index in [1.807, 2.05) is 6.92 Å². The minimum Gasteiger partial charge on any atom is -0.469 e. The van der Waals surface area contributed by atoms with Gasteiger partial charge in [0, 0.05) is 62.7 Å². The highest BCUT2D eigenvalue weighted by Crippen LogP contribution is 2.60. The number of rotatable bonds is 42. The minimum absolute atomic E-state index is 0.0275. The SMILES string of the molecule is CCCOCCOCCOCCCNC(=O)CCCCCCNC(=O)CO[C@H]1CC[C@]2(C)CC3C(CCC[C@@H]3O)CC2C1.CCNC(=O)c1cc2ccc(COC(=O)NCCOCCOCCOCCOCCC(=O)OC)cc2oc1=O.C[C@]12[C@H](O)CCC[C@@]1(O)CC[C@@H]2C1=CC(=O)OC1. The van der Waals surface area contributed by atoms with Gasteiger partial charge in [0.05, 0.1) is 117 Å². The third-order valence-electron chi connectivity index (χ3n) is 20.5. The monoisotopic (exact) mass is 1410 g/mol. The highest BCUT2D eigenvalue weighted by atomic mass is 16.6. The number of hydrogen-bond acceptors (Lipinski definition) is 22. The Morgan fingerprint density at radius 3 is 2.01 bits per heavy atom. The predicted molar refractivity (Wildman–Crippen MR) is 371 cm³/mol. The van der Waals surface area contributed by atoms with Crippen LogP contribution in [0, 0.1) is 34.5 Å². The van der Waals surface area contributed by atoms with Crippen molar-refractivity contribution < 1.29 is 101 Å². The maximum atomic E-state index is 12.4. The van der Waals surface area contributed by atoms with Crippen LogP contribution >= 0.6 is 0 Å². The van der Waals surface area contributed by atoms with Crippen LogP contribution < -0.4 is 26.9 Å². The maximum Gasteiger partial charge on any atom is 0.407 e. The van der Waals surface area contributed by atoms with E-state index < -0.39 is 34.7 Å². The van der Waals surface area contributed by atoms with Crippen LogP contribution in [0.25, 0.3) is 11.0 Å². The van der Waals surface area contributed by atoms with Crippen molar-refractivity contribution in [3.8, 4) is 0 Å². The predicted octanol–water partition coefficient (Wildman–Crippen LogP) is 7.34. The Kier molecular flexibility index (Phi) is 37.9. The van der Waals surface area contributed by atoms with Crippen molar-refractivity contribution in [2.45, 2.75) is 193 Å². The Morgan fingerprint density at radius 1 is 0.650 bits per heavy atom. The number of cyclic esters (lactones) is 1. The molecule has 26 heteroatoms. The normalized spacial score (nSPS) is 25.1. The first kappa shape index (κ1) is 83.3. The molecule has 1 aromatic heterocycles. The van der Waals surface area contributed by atoms with Crippen LogP contribution in [0.4, 0.5) is 4.79 Å². The summed E-state index contributed by atoms with van der Waals surface area (Å²) in [7, 11) is 1.33. The van der Waals surface area contributed by atoms with E-state index in [1.54, 1.807) is 31.2 Å². The number of carbonyl (C=O) groups excluding carboxylic acids is 6. The average molecular weight is 1420 g/mol. The van der Waals surface area contributed by atoms with Gasteiger partial charge in [-0.25, -0.2) is 14.4 Å². The average Bonchev–Trinajstić information content (AvgIpc) is 1.44. The molecule has 26 nitrogen and oxygen atoms in total. The van der Waals surface area contributed by atoms with Gasteiger partial charge in [0.1, 0.15) is 31.0 Å². The van der Waals surface area contributed by atoms with E-state index in [-0.39, 0.29) is 80.2 Å². The number of aliphatic hydroxyl groups excluding tert-OH is 2. The van der Waals surface area contributed by atoms with E-state index in [0.717, 1.165) is 115 Å². The van der Waals surface area contributed by atoms with Crippen molar-refractivity contribution in [1.29, 1.82) is 0 Å². The molecule has 10 atom stereocenters. The highest BCUT2D eigenvalue weighted by Gasteiger charge is 2.62. The van der Waals surface area contributed by atoms with Gasteiger partial charge < -0.3 is 93.1 Å². The summed E-state index contributed by atoms with van der Waals surface area (Å²) >= 11 is 0. The molecule has 4 amide bonds. The molecule has 1 aliphatic heterocycles. The van der Waals surface area contributed by atoms with Crippen molar-refractivity contribution in [1.82, 2.24) is 21.3 Å². The Morgan fingerprint density at radius 2 is 1.32 bits per heavy atom. The Hall–Kier alpha value is -5.65. The van der Waals surface area contributed by atoms with Gasteiger partial charge in [-0.1, -0.05) is 52.2 Å². The lowest BCUT2D eigenvalue weighted by Crippen LogP contribution is -2.55. The van der Waals surface area contributed by atoms with Crippen LogP contribution in [0.5, 0.6) is 0 Å². The fraction of sp³-hybridized carbons (Fsp3) is 0.770. The lowest BCUT2D eigenvalue weighted by molar-refractivity contribution is -0.156. The summed E-state index contributed by atoms with van der Waals surface area (Å²) in [6, 6.07) is 6.45. The first-order valence-corrected chi connectivity index (χ1v) is 36.8. The minimum atomic E-state index is -0.790. The summed E-state index contributed by atoms with van der Waals surface area (Å²) < 4.78 is 63.6. The number of benzene rings is 1. The van der Waals surface area contributed by atoms with Crippen LogP contribution in [0.1, 0.15) is 178 Å². The summed E-state index contributed by atoms with van der Waals surface area (Å²) in [6.07, 6.45) is 19.7. The Labute approximate surface area is 590 Å². The zero-order chi connectivity index (χ0) is 72.0. The quantitative estimate of drug-likeness (QED) is 0.0148. The summed E-state index contributed by atoms with van der Waals surface area (Å²) in [5, 5.41) is 43.4. The lowest BCUT2D eigenvalue weighted by Gasteiger charge is -2.54. The zero-order valence-corrected chi connectivity index (χ0v) is 60.2. The molecule has 566 valence electrons. The number of hydrogen-bond donors (Lipinski definition) is 7. The standard InChI is InChI=1S/C34H62N2O7.C26H36N2O11.C14H20O4/c1-3-17-40-19-21-42-22-20-41-18-9-16-35-32(38)12-6-4-5-7-15-36-33(39)26-43-29-13-14-34(2)25-30-27(23-28(34)24-29)10-8-11-31(30)37;1-3-27-24(30)21-17-20-5-4-19(16-22(20)39-25(21)31)18-38-26(32)28-7-9-35-11-13-37-15-14-36-12-10-34-8-6-23(29)33-2;1-13-10(9-7-12(16)18-8-9)4-6-14(13,17)5-2-3-11(13)15/h27-31,37H,3-26H2,1-2H3,(H,35,38)(H,36,39);4-5,16-17H,3,6-15,18H2,1-2H3,(H,27,30)(H,28,32);7,10-11,15,17H,2-6,8H2,1H3/t27?,28?,29-,30?,31-,34+;;10-,11-,13+,14-/m0.1/s1. The van der Waals surface area contributed by atoms with E-state index in [0.29, 0.717) is 158 Å². The van der Waals surface area contributed by atoms with Gasteiger partial charge in [-0.2, -0.15) is 0 Å². The Bertz CT molecular complexity index is 2880. The second-order valence-corrected chi connectivity index (χ2v) is 27.6. The number of fused-ring (bicyclic) bond motifs is 4. The number of amides is 4. The molecule has 0 radical (unpaired) electrons. The fourth-order valence-electron chi connectivity index (χ4n) is 14.8. The molecule has 1 aromatic carbocycles.